The Balaban J connectivity index is 1.35. The van der Waals surface area contributed by atoms with Gasteiger partial charge in [-0.1, -0.05) is 60.7 Å². The van der Waals surface area contributed by atoms with E-state index in [2.05, 4.69) is 34.3 Å². The molecule has 3 aromatic rings. The Kier molecular flexibility index (Phi) is 6.35. The molecule has 1 saturated heterocycles. The van der Waals surface area contributed by atoms with Crippen LogP contribution in [0, 0.1) is 0 Å². The van der Waals surface area contributed by atoms with Gasteiger partial charge in [-0.05, 0) is 23.6 Å². The molecule has 6 heteroatoms. The molecule has 1 aliphatic rings. The van der Waals surface area contributed by atoms with Crippen molar-refractivity contribution in [2.45, 2.75) is 13.0 Å². The van der Waals surface area contributed by atoms with Crippen molar-refractivity contribution < 1.29 is 4.79 Å². The summed E-state index contributed by atoms with van der Waals surface area (Å²) >= 11 is 0. The molecule has 0 N–H and O–H groups in total. The second-order valence-electron chi connectivity index (χ2n) is 7.57. The van der Waals surface area contributed by atoms with Gasteiger partial charge < -0.3 is 4.90 Å². The van der Waals surface area contributed by atoms with E-state index in [1.807, 2.05) is 41.3 Å². The van der Waals surface area contributed by atoms with Crippen molar-refractivity contribution >= 4 is 5.91 Å². The SMILES string of the molecule is O=C(c1ccc(=O)n(Cc2ccccc2)n1)N1CCN(CCc2ccccc2)CC1. The summed E-state index contributed by atoms with van der Waals surface area (Å²) in [6.45, 7) is 4.39. The zero-order valence-electron chi connectivity index (χ0n) is 17.0. The molecule has 1 fully saturated rings. The molecule has 1 aliphatic heterocycles. The van der Waals surface area contributed by atoms with Crippen LogP contribution in [0.2, 0.25) is 0 Å². The van der Waals surface area contributed by atoms with Crippen LogP contribution in [0.15, 0.2) is 77.6 Å². The Hall–Kier alpha value is -3.25. The van der Waals surface area contributed by atoms with E-state index in [1.165, 1.54) is 22.4 Å². The molecule has 6 nitrogen and oxygen atoms in total. The van der Waals surface area contributed by atoms with Gasteiger partial charge in [0.05, 0.1) is 6.54 Å². The van der Waals surface area contributed by atoms with Crippen LogP contribution in [0.25, 0.3) is 0 Å². The molecular formula is C24H26N4O2. The van der Waals surface area contributed by atoms with E-state index in [0.717, 1.165) is 31.6 Å². The van der Waals surface area contributed by atoms with Crippen molar-refractivity contribution in [1.29, 1.82) is 0 Å². The molecule has 154 valence electrons. The van der Waals surface area contributed by atoms with Crippen LogP contribution in [0.5, 0.6) is 0 Å². The van der Waals surface area contributed by atoms with Crippen LogP contribution in [-0.2, 0) is 13.0 Å². The zero-order chi connectivity index (χ0) is 20.8. The van der Waals surface area contributed by atoms with Gasteiger partial charge in [0.15, 0.2) is 0 Å². The lowest BCUT2D eigenvalue weighted by Gasteiger charge is -2.34. The highest BCUT2D eigenvalue weighted by atomic mass is 16.2. The fourth-order valence-electron chi connectivity index (χ4n) is 3.70. The molecule has 1 aromatic heterocycles. The van der Waals surface area contributed by atoms with Crippen molar-refractivity contribution in [1.82, 2.24) is 19.6 Å². The zero-order valence-corrected chi connectivity index (χ0v) is 17.0. The second-order valence-corrected chi connectivity index (χ2v) is 7.57. The summed E-state index contributed by atoms with van der Waals surface area (Å²) in [7, 11) is 0. The smallest absolute Gasteiger partial charge is 0.274 e. The van der Waals surface area contributed by atoms with E-state index in [1.54, 1.807) is 0 Å². The maximum absolute atomic E-state index is 12.9. The third-order valence-electron chi connectivity index (χ3n) is 5.48. The van der Waals surface area contributed by atoms with Gasteiger partial charge in [-0.3, -0.25) is 14.5 Å². The van der Waals surface area contributed by atoms with Crippen molar-refractivity contribution in [3.63, 3.8) is 0 Å². The molecule has 0 saturated carbocycles. The van der Waals surface area contributed by atoms with Crippen LogP contribution in [0.3, 0.4) is 0 Å². The summed E-state index contributed by atoms with van der Waals surface area (Å²) < 4.78 is 1.36. The lowest BCUT2D eigenvalue weighted by atomic mass is 10.1. The van der Waals surface area contributed by atoms with E-state index >= 15 is 0 Å². The quantitative estimate of drug-likeness (QED) is 0.635. The normalized spacial score (nSPS) is 14.6. The summed E-state index contributed by atoms with van der Waals surface area (Å²) in [5, 5.41) is 4.34. The summed E-state index contributed by atoms with van der Waals surface area (Å²) in [6.07, 6.45) is 1.01. The second kappa shape index (κ2) is 9.50. The number of aromatic nitrogens is 2. The van der Waals surface area contributed by atoms with Gasteiger partial charge in [0.1, 0.15) is 5.69 Å². The largest absolute Gasteiger partial charge is 0.335 e. The summed E-state index contributed by atoms with van der Waals surface area (Å²) in [4.78, 5) is 29.3. The number of rotatable bonds is 6. The van der Waals surface area contributed by atoms with Crippen molar-refractivity contribution in [3.8, 4) is 0 Å². The van der Waals surface area contributed by atoms with Gasteiger partial charge in [-0.15, -0.1) is 0 Å². The first-order valence-corrected chi connectivity index (χ1v) is 10.4. The molecule has 1 amide bonds. The number of nitrogens with zero attached hydrogens (tertiary/aromatic N) is 4. The van der Waals surface area contributed by atoms with Gasteiger partial charge in [0, 0.05) is 38.8 Å². The Labute approximate surface area is 176 Å². The third-order valence-corrected chi connectivity index (χ3v) is 5.48. The highest BCUT2D eigenvalue weighted by molar-refractivity contribution is 5.92. The van der Waals surface area contributed by atoms with Gasteiger partial charge >= 0.3 is 0 Å². The van der Waals surface area contributed by atoms with Crippen molar-refractivity contribution in [2.24, 2.45) is 0 Å². The summed E-state index contributed by atoms with van der Waals surface area (Å²) in [5.41, 5.74) is 2.43. The van der Waals surface area contributed by atoms with E-state index in [9.17, 15) is 9.59 Å². The molecular weight excluding hydrogens is 376 g/mol. The lowest BCUT2D eigenvalue weighted by molar-refractivity contribution is 0.0630. The number of amides is 1. The highest BCUT2D eigenvalue weighted by Gasteiger charge is 2.23. The molecule has 2 aromatic carbocycles. The molecule has 0 radical (unpaired) electrons. The number of carbonyl (C=O) groups is 1. The first kappa shape index (κ1) is 20.0. The first-order valence-electron chi connectivity index (χ1n) is 10.4. The van der Waals surface area contributed by atoms with Crippen LogP contribution in [0.4, 0.5) is 0 Å². The fraction of sp³-hybridized carbons (Fsp3) is 0.292. The van der Waals surface area contributed by atoms with Crippen LogP contribution >= 0.6 is 0 Å². The minimum Gasteiger partial charge on any atom is -0.335 e. The maximum Gasteiger partial charge on any atom is 0.274 e. The Bertz CT molecular complexity index is 1030. The van der Waals surface area contributed by atoms with Crippen LogP contribution in [-0.4, -0.2) is 58.2 Å². The van der Waals surface area contributed by atoms with E-state index in [-0.39, 0.29) is 11.5 Å². The predicted molar refractivity (Wildman–Crippen MR) is 117 cm³/mol. The molecule has 2 heterocycles. The summed E-state index contributed by atoms with van der Waals surface area (Å²) in [5.74, 6) is -0.112. The minimum atomic E-state index is -0.207. The van der Waals surface area contributed by atoms with Gasteiger partial charge in [0.2, 0.25) is 0 Å². The third kappa shape index (κ3) is 5.02. The Morgan fingerprint density at radius 1 is 0.800 bits per heavy atom. The van der Waals surface area contributed by atoms with Gasteiger partial charge in [0.25, 0.3) is 11.5 Å². The molecule has 0 aliphatic carbocycles. The van der Waals surface area contributed by atoms with Gasteiger partial charge in [-0.25, -0.2) is 4.68 Å². The molecule has 4 rings (SSSR count). The molecule has 0 atom stereocenters. The summed E-state index contributed by atoms with van der Waals surface area (Å²) in [6, 6.07) is 23.1. The van der Waals surface area contributed by atoms with E-state index < -0.39 is 0 Å². The van der Waals surface area contributed by atoms with E-state index in [0.29, 0.717) is 25.3 Å². The molecule has 0 spiro atoms. The topological polar surface area (TPSA) is 58.4 Å². The monoisotopic (exact) mass is 402 g/mol. The van der Waals surface area contributed by atoms with Crippen molar-refractivity contribution in [2.75, 3.05) is 32.7 Å². The van der Waals surface area contributed by atoms with Gasteiger partial charge in [-0.2, -0.15) is 5.10 Å². The number of benzene rings is 2. The number of hydrogen-bond acceptors (Lipinski definition) is 4. The Morgan fingerprint density at radius 2 is 1.43 bits per heavy atom. The van der Waals surface area contributed by atoms with Crippen LogP contribution < -0.4 is 5.56 Å². The predicted octanol–water partition coefficient (Wildman–Crippen LogP) is 2.29. The standard InChI is InChI=1S/C24H26N4O2/c29-23-12-11-22(25-28(23)19-21-9-5-2-6-10-21)24(30)27-17-15-26(16-18-27)14-13-20-7-3-1-4-8-20/h1-12H,13-19H2. The fourth-order valence-corrected chi connectivity index (χ4v) is 3.70. The number of carbonyl (C=O) groups excluding carboxylic acids is 1. The van der Waals surface area contributed by atoms with E-state index in [4.69, 9.17) is 0 Å². The number of hydrogen-bond donors (Lipinski definition) is 0. The lowest BCUT2D eigenvalue weighted by Crippen LogP contribution is -2.49. The molecule has 30 heavy (non-hydrogen) atoms. The van der Waals surface area contributed by atoms with Crippen LogP contribution in [0.1, 0.15) is 21.6 Å². The average molecular weight is 402 g/mol. The Morgan fingerprint density at radius 3 is 2.10 bits per heavy atom. The highest BCUT2D eigenvalue weighted by Crippen LogP contribution is 2.09. The number of piperazine rings is 1. The molecule has 0 bridgehead atoms. The average Bonchev–Trinajstić information content (AvgIpc) is 2.80. The molecule has 0 unspecified atom stereocenters. The minimum absolute atomic E-state index is 0.112. The maximum atomic E-state index is 12.9. The van der Waals surface area contributed by atoms with Crippen molar-refractivity contribution in [3.05, 3.63) is 100.0 Å². The first-order chi connectivity index (χ1) is 14.7.